The summed E-state index contributed by atoms with van der Waals surface area (Å²) in [6.45, 7) is 5.96. The molecular formula is C21H18ClN3O2S2. The maximum absolute atomic E-state index is 12.7. The summed E-state index contributed by atoms with van der Waals surface area (Å²) in [5, 5.41) is 13.1. The first kappa shape index (κ1) is 19.9. The Hall–Kier alpha value is -2.35. The zero-order valence-electron chi connectivity index (χ0n) is 16.1. The normalized spacial score (nSPS) is 11.2. The van der Waals surface area contributed by atoms with E-state index in [2.05, 4.69) is 21.6 Å². The second-order valence-electron chi connectivity index (χ2n) is 6.73. The van der Waals surface area contributed by atoms with E-state index in [1.807, 2.05) is 51.1 Å². The Morgan fingerprint density at radius 2 is 1.86 bits per heavy atom. The molecular weight excluding hydrogens is 426 g/mol. The Balaban J connectivity index is 1.46. The lowest BCUT2D eigenvalue weighted by atomic mass is 10.1. The van der Waals surface area contributed by atoms with Crippen LogP contribution in [0.25, 0.3) is 11.0 Å². The average molecular weight is 444 g/mol. The van der Waals surface area contributed by atoms with Crippen LogP contribution >= 0.6 is 34.7 Å². The minimum atomic E-state index is -0.320. The van der Waals surface area contributed by atoms with Crippen molar-refractivity contribution >= 4 is 56.7 Å². The van der Waals surface area contributed by atoms with Crippen LogP contribution in [-0.2, 0) is 5.75 Å². The summed E-state index contributed by atoms with van der Waals surface area (Å²) in [6.07, 6.45) is 0. The maximum atomic E-state index is 12.7. The first-order chi connectivity index (χ1) is 13.9. The Morgan fingerprint density at radius 1 is 1.14 bits per heavy atom. The molecule has 0 aliphatic carbocycles. The smallest absolute Gasteiger partial charge is 0.293 e. The van der Waals surface area contributed by atoms with Gasteiger partial charge < -0.3 is 4.42 Å². The van der Waals surface area contributed by atoms with Crippen LogP contribution in [-0.4, -0.2) is 16.1 Å². The maximum Gasteiger partial charge on any atom is 0.293 e. The topological polar surface area (TPSA) is 68.0 Å². The van der Waals surface area contributed by atoms with Crippen molar-refractivity contribution in [1.29, 1.82) is 0 Å². The quantitative estimate of drug-likeness (QED) is 0.285. The van der Waals surface area contributed by atoms with Gasteiger partial charge in [-0.25, -0.2) is 0 Å². The van der Waals surface area contributed by atoms with Crippen molar-refractivity contribution in [3.63, 3.8) is 0 Å². The van der Waals surface area contributed by atoms with Crippen LogP contribution in [0.15, 0.2) is 45.2 Å². The van der Waals surface area contributed by atoms with Gasteiger partial charge in [-0.1, -0.05) is 46.8 Å². The van der Waals surface area contributed by atoms with E-state index < -0.39 is 0 Å². The molecule has 0 atom stereocenters. The number of carbonyl (C=O) groups is 1. The minimum Gasteiger partial charge on any atom is -0.451 e. The summed E-state index contributed by atoms with van der Waals surface area (Å²) < 4.78 is 6.60. The molecule has 0 unspecified atom stereocenters. The molecule has 0 saturated carbocycles. The molecule has 4 rings (SSSR count). The molecule has 0 radical (unpaired) electrons. The van der Waals surface area contributed by atoms with Crippen LogP contribution in [0.5, 0.6) is 0 Å². The molecule has 4 aromatic rings. The second kappa shape index (κ2) is 8.18. The summed E-state index contributed by atoms with van der Waals surface area (Å²) in [5.74, 6) is 0.733. The first-order valence-electron chi connectivity index (χ1n) is 8.93. The second-order valence-corrected chi connectivity index (χ2v) is 9.37. The molecule has 0 fully saturated rings. The molecule has 1 amide bonds. The molecule has 29 heavy (non-hydrogen) atoms. The molecule has 0 aliphatic rings. The molecule has 8 heteroatoms. The van der Waals surface area contributed by atoms with Gasteiger partial charge in [-0.05, 0) is 61.7 Å². The average Bonchev–Trinajstić information content (AvgIpc) is 3.26. The Morgan fingerprint density at radius 3 is 2.62 bits per heavy atom. The predicted octanol–water partition coefficient (Wildman–Crippen LogP) is 6.41. The van der Waals surface area contributed by atoms with Crippen LogP contribution in [0, 0.1) is 20.8 Å². The molecule has 0 saturated heterocycles. The summed E-state index contributed by atoms with van der Waals surface area (Å²) in [4.78, 5) is 12.7. The number of thioether (sulfide) groups is 1. The summed E-state index contributed by atoms with van der Waals surface area (Å²) in [7, 11) is 0. The number of hydrogen-bond acceptors (Lipinski definition) is 6. The molecule has 2 heterocycles. The number of aromatic nitrogens is 2. The molecule has 2 aromatic carbocycles. The number of nitrogens with zero attached hydrogens (tertiary/aromatic N) is 2. The summed E-state index contributed by atoms with van der Waals surface area (Å²) >= 11 is 8.81. The monoisotopic (exact) mass is 443 g/mol. The van der Waals surface area contributed by atoms with Crippen molar-refractivity contribution in [2.45, 2.75) is 30.9 Å². The van der Waals surface area contributed by atoms with Crippen molar-refractivity contribution < 1.29 is 9.21 Å². The molecule has 0 aliphatic heterocycles. The van der Waals surface area contributed by atoms with Gasteiger partial charge in [0.15, 0.2) is 10.1 Å². The number of benzene rings is 2. The van der Waals surface area contributed by atoms with Gasteiger partial charge >= 0.3 is 0 Å². The van der Waals surface area contributed by atoms with Gasteiger partial charge in [-0.15, -0.1) is 10.2 Å². The predicted molar refractivity (Wildman–Crippen MR) is 119 cm³/mol. The summed E-state index contributed by atoms with van der Waals surface area (Å²) in [5.41, 5.74) is 4.97. The minimum absolute atomic E-state index is 0.301. The van der Waals surface area contributed by atoms with Crippen molar-refractivity contribution in [3.8, 4) is 0 Å². The molecule has 2 aromatic heterocycles. The zero-order chi connectivity index (χ0) is 20.5. The van der Waals surface area contributed by atoms with Crippen LogP contribution < -0.4 is 5.32 Å². The van der Waals surface area contributed by atoms with Crippen LogP contribution in [0.3, 0.4) is 0 Å². The highest BCUT2D eigenvalue weighted by molar-refractivity contribution is 8.00. The van der Waals surface area contributed by atoms with E-state index in [4.69, 9.17) is 16.0 Å². The highest BCUT2D eigenvalue weighted by Crippen LogP contribution is 2.31. The lowest BCUT2D eigenvalue weighted by Crippen LogP contribution is -2.11. The van der Waals surface area contributed by atoms with E-state index in [1.54, 1.807) is 11.8 Å². The molecule has 0 spiro atoms. The number of anilines is 1. The lowest BCUT2D eigenvalue weighted by Gasteiger charge is -1.99. The Labute approximate surface area is 181 Å². The van der Waals surface area contributed by atoms with Gasteiger partial charge in [0.1, 0.15) is 5.58 Å². The highest BCUT2D eigenvalue weighted by atomic mass is 35.5. The van der Waals surface area contributed by atoms with Crippen LogP contribution in [0.4, 0.5) is 5.13 Å². The number of carbonyl (C=O) groups excluding carboxylic acids is 1. The molecule has 1 N–H and O–H groups in total. The number of halogens is 1. The standard InChI is InChI=1S/C21H18ClN3O2S2/c1-11-8-16-13(3)18(27-17(16)9-12(11)2)19(26)23-20-24-25-21(29-20)28-10-14-4-6-15(22)7-5-14/h4-9H,10H2,1-3H3,(H,23,24,26). The fourth-order valence-corrected chi connectivity index (χ4v) is 4.72. The van der Waals surface area contributed by atoms with Gasteiger partial charge in [-0.2, -0.15) is 0 Å². The zero-order valence-corrected chi connectivity index (χ0v) is 18.5. The Bertz CT molecular complexity index is 1200. The van der Waals surface area contributed by atoms with E-state index in [-0.39, 0.29) is 5.91 Å². The van der Waals surface area contributed by atoms with Gasteiger partial charge in [0, 0.05) is 21.7 Å². The van der Waals surface area contributed by atoms with Crippen LogP contribution in [0.1, 0.15) is 32.8 Å². The fraction of sp³-hybridized carbons (Fsp3) is 0.190. The number of amides is 1. The first-order valence-corrected chi connectivity index (χ1v) is 11.1. The lowest BCUT2D eigenvalue weighted by molar-refractivity contribution is 0.0998. The number of fused-ring (bicyclic) bond motifs is 1. The molecule has 0 bridgehead atoms. The van der Waals surface area contributed by atoms with Crippen molar-refractivity contribution in [2.75, 3.05) is 5.32 Å². The van der Waals surface area contributed by atoms with Gasteiger partial charge in [0.2, 0.25) is 5.13 Å². The highest BCUT2D eigenvalue weighted by Gasteiger charge is 2.20. The number of hydrogen-bond donors (Lipinski definition) is 1. The Kier molecular flexibility index (Phi) is 5.63. The third-order valence-electron chi connectivity index (χ3n) is 4.66. The molecule has 5 nitrogen and oxygen atoms in total. The van der Waals surface area contributed by atoms with Gasteiger partial charge in [0.05, 0.1) is 0 Å². The van der Waals surface area contributed by atoms with E-state index >= 15 is 0 Å². The van der Waals surface area contributed by atoms with Crippen molar-refractivity contribution in [1.82, 2.24) is 10.2 Å². The largest absolute Gasteiger partial charge is 0.451 e. The van der Waals surface area contributed by atoms with Gasteiger partial charge in [-0.3, -0.25) is 10.1 Å². The number of rotatable bonds is 5. The van der Waals surface area contributed by atoms with E-state index in [0.717, 1.165) is 32.2 Å². The van der Waals surface area contributed by atoms with Gasteiger partial charge in [0.25, 0.3) is 5.91 Å². The van der Waals surface area contributed by atoms with Crippen molar-refractivity contribution in [2.24, 2.45) is 0 Å². The third-order valence-corrected chi connectivity index (χ3v) is 6.96. The SMILES string of the molecule is Cc1cc2oc(C(=O)Nc3nnc(SCc4ccc(Cl)cc4)s3)c(C)c2cc1C. The van der Waals surface area contributed by atoms with Crippen molar-refractivity contribution in [3.05, 3.63) is 69.4 Å². The number of aryl methyl sites for hydroxylation is 3. The van der Waals surface area contributed by atoms with E-state index in [9.17, 15) is 4.79 Å². The fourth-order valence-electron chi connectivity index (χ4n) is 2.89. The molecule has 148 valence electrons. The number of furan rings is 1. The van der Waals surface area contributed by atoms with E-state index in [1.165, 1.54) is 16.9 Å². The van der Waals surface area contributed by atoms with E-state index in [0.29, 0.717) is 21.5 Å². The third kappa shape index (κ3) is 4.32. The summed E-state index contributed by atoms with van der Waals surface area (Å²) in [6, 6.07) is 11.7. The number of nitrogens with one attached hydrogen (secondary N) is 1. The van der Waals surface area contributed by atoms with Crippen LogP contribution in [0.2, 0.25) is 5.02 Å².